The molecule has 0 amide bonds. The minimum atomic E-state index is -0.183. The van der Waals surface area contributed by atoms with E-state index in [0.29, 0.717) is 0 Å². The van der Waals surface area contributed by atoms with Crippen LogP contribution in [0.1, 0.15) is 22.9 Å². The minimum absolute atomic E-state index is 0.183. The first-order chi connectivity index (χ1) is 18.3. The van der Waals surface area contributed by atoms with Crippen LogP contribution in [0, 0.1) is 0 Å². The summed E-state index contributed by atoms with van der Waals surface area (Å²) in [7, 11) is 0. The van der Waals surface area contributed by atoms with Gasteiger partial charge >= 0.3 is 0 Å². The number of rotatable bonds is 4. The lowest BCUT2D eigenvalue weighted by Crippen LogP contribution is -2.24. The Morgan fingerprint density at radius 3 is 2.05 bits per heavy atom. The first-order valence-electron chi connectivity index (χ1n) is 12.4. The van der Waals surface area contributed by atoms with E-state index in [9.17, 15) is 0 Å². The Morgan fingerprint density at radius 2 is 1.32 bits per heavy atom. The number of benzene rings is 5. The third-order valence-corrected chi connectivity index (χ3v) is 7.88. The number of nitrogens with zero attached hydrogens (tertiary/aromatic N) is 2. The van der Waals surface area contributed by atoms with Crippen molar-refractivity contribution in [1.82, 2.24) is 10.3 Å². The van der Waals surface area contributed by atoms with Crippen LogP contribution in [0.25, 0.3) is 37.3 Å². The molecule has 1 unspecified atom stereocenters. The topological polar surface area (TPSA) is 37.3 Å². The van der Waals surface area contributed by atoms with E-state index in [1.807, 2.05) is 18.2 Å². The lowest BCUT2D eigenvalue weighted by atomic mass is 10.0. The fraction of sp³-hybridized carbons (Fsp3) is 0.0303. The van der Waals surface area contributed by atoms with Crippen LogP contribution in [0.5, 0.6) is 0 Å². The van der Waals surface area contributed by atoms with Crippen LogP contribution in [-0.2, 0) is 0 Å². The molecule has 0 bridgehead atoms. The van der Waals surface area contributed by atoms with Gasteiger partial charge < -0.3 is 5.32 Å². The van der Waals surface area contributed by atoms with E-state index in [-0.39, 0.29) is 6.17 Å². The largest absolute Gasteiger partial charge is 0.360 e. The molecule has 1 aliphatic rings. The smallest absolute Gasteiger partial charge is 0.145 e. The zero-order valence-corrected chi connectivity index (χ0v) is 20.8. The summed E-state index contributed by atoms with van der Waals surface area (Å²) in [5.41, 5.74) is 7.65. The molecular formula is C33H23N3S. The van der Waals surface area contributed by atoms with Gasteiger partial charge in [0.15, 0.2) is 0 Å². The Labute approximate surface area is 219 Å². The maximum Gasteiger partial charge on any atom is 0.145 e. The Morgan fingerprint density at radius 1 is 0.649 bits per heavy atom. The molecule has 4 heteroatoms. The van der Waals surface area contributed by atoms with Gasteiger partial charge in [0, 0.05) is 16.6 Å². The highest BCUT2D eigenvalue weighted by molar-refractivity contribution is 7.22. The number of thiazole rings is 1. The van der Waals surface area contributed by atoms with Gasteiger partial charge in [-0.2, -0.15) is 0 Å². The zero-order chi connectivity index (χ0) is 24.6. The molecule has 7 rings (SSSR count). The maximum atomic E-state index is 5.13. The standard InChI is InChI=1S/C33H23N3S/c1-4-10-22(11-5-1)29-21-30(23-12-6-2-7-13-23)35-32(34-29)26-16-18-27-25(20-26)17-19-28-31(27)37-33(36-28)24-14-8-3-9-15-24/h1-21,32,34H. The molecule has 5 aromatic carbocycles. The first-order valence-corrected chi connectivity index (χ1v) is 13.2. The first kappa shape index (κ1) is 21.7. The van der Waals surface area contributed by atoms with Crippen molar-refractivity contribution in [2.75, 3.05) is 0 Å². The fourth-order valence-electron chi connectivity index (χ4n) is 4.85. The molecule has 1 aliphatic heterocycles. The molecule has 0 saturated carbocycles. The third kappa shape index (κ3) is 4.11. The Bertz CT molecular complexity index is 1790. The molecule has 6 aromatic rings. The number of fused-ring (bicyclic) bond motifs is 3. The lowest BCUT2D eigenvalue weighted by molar-refractivity contribution is 0.665. The number of hydrogen-bond acceptors (Lipinski definition) is 4. The molecule has 0 fully saturated rings. The summed E-state index contributed by atoms with van der Waals surface area (Å²) in [5, 5.41) is 7.15. The number of hydrogen-bond donors (Lipinski definition) is 1. The number of allylic oxidation sites excluding steroid dienone is 1. The summed E-state index contributed by atoms with van der Waals surface area (Å²) >= 11 is 1.75. The average molecular weight is 494 g/mol. The van der Waals surface area contributed by atoms with Crippen LogP contribution >= 0.6 is 11.3 Å². The van der Waals surface area contributed by atoms with E-state index < -0.39 is 0 Å². The second kappa shape index (κ2) is 9.16. The van der Waals surface area contributed by atoms with Crippen LogP contribution in [0.2, 0.25) is 0 Å². The molecule has 0 radical (unpaired) electrons. The number of aromatic nitrogens is 1. The van der Waals surface area contributed by atoms with Crippen molar-refractivity contribution in [2.24, 2.45) is 4.99 Å². The Balaban J connectivity index is 1.31. The number of nitrogens with one attached hydrogen (secondary N) is 1. The highest BCUT2D eigenvalue weighted by Gasteiger charge is 2.20. The molecule has 0 spiro atoms. The molecule has 3 nitrogen and oxygen atoms in total. The van der Waals surface area contributed by atoms with Crippen LogP contribution in [0.4, 0.5) is 0 Å². The van der Waals surface area contributed by atoms with Crippen molar-refractivity contribution in [3.63, 3.8) is 0 Å². The predicted octanol–water partition coefficient (Wildman–Crippen LogP) is 8.25. The Hall–Kier alpha value is -4.54. The van der Waals surface area contributed by atoms with Crippen LogP contribution in [-0.4, -0.2) is 10.7 Å². The summed E-state index contributed by atoms with van der Waals surface area (Å²) < 4.78 is 1.22. The van der Waals surface area contributed by atoms with E-state index in [1.165, 1.54) is 15.5 Å². The average Bonchev–Trinajstić information content (AvgIpc) is 3.43. The summed E-state index contributed by atoms with van der Waals surface area (Å²) in [6.07, 6.45) is 1.96. The molecule has 1 N–H and O–H groups in total. The highest BCUT2D eigenvalue weighted by Crippen LogP contribution is 2.36. The van der Waals surface area contributed by atoms with Crippen LogP contribution < -0.4 is 5.32 Å². The van der Waals surface area contributed by atoms with Gasteiger partial charge in [-0.3, -0.25) is 4.99 Å². The van der Waals surface area contributed by atoms with E-state index >= 15 is 0 Å². The molecular weight excluding hydrogens is 470 g/mol. The van der Waals surface area contributed by atoms with Gasteiger partial charge in [0.05, 0.1) is 15.9 Å². The monoisotopic (exact) mass is 493 g/mol. The summed E-state index contributed by atoms with van der Waals surface area (Å²) in [6, 6.07) is 42.2. The van der Waals surface area contributed by atoms with Gasteiger partial charge in [0.25, 0.3) is 0 Å². The Kier molecular flexibility index (Phi) is 5.38. The summed E-state index contributed by atoms with van der Waals surface area (Å²) in [6.45, 7) is 0. The third-order valence-electron chi connectivity index (χ3n) is 6.73. The van der Waals surface area contributed by atoms with Gasteiger partial charge in [-0.15, -0.1) is 11.3 Å². The summed E-state index contributed by atoms with van der Waals surface area (Å²) in [5.74, 6) is 0. The van der Waals surface area contributed by atoms with Gasteiger partial charge in [-0.25, -0.2) is 4.98 Å². The van der Waals surface area contributed by atoms with Crippen molar-refractivity contribution in [1.29, 1.82) is 0 Å². The quantitative estimate of drug-likeness (QED) is 0.268. The van der Waals surface area contributed by atoms with E-state index in [0.717, 1.165) is 44.2 Å². The van der Waals surface area contributed by atoms with Crippen molar-refractivity contribution in [3.05, 3.63) is 144 Å². The zero-order valence-electron chi connectivity index (χ0n) is 20.0. The molecule has 0 saturated heterocycles. The highest BCUT2D eigenvalue weighted by atomic mass is 32.1. The van der Waals surface area contributed by atoms with Gasteiger partial charge in [-0.05, 0) is 40.3 Å². The van der Waals surface area contributed by atoms with Gasteiger partial charge in [-0.1, -0.05) is 109 Å². The van der Waals surface area contributed by atoms with Crippen LogP contribution in [0.3, 0.4) is 0 Å². The molecule has 1 aromatic heterocycles. The van der Waals surface area contributed by atoms with Gasteiger partial charge in [0.2, 0.25) is 0 Å². The normalized spacial score (nSPS) is 15.3. The van der Waals surface area contributed by atoms with Crippen molar-refractivity contribution < 1.29 is 0 Å². The van der Waals surface area contributed by atoms with Gasteiger partial charge in [0.1, 0.15) is 11.2 Å². The molecule has 2 heterocycles. The van der Waals surface area contributed by atoms with Crippen LogP contribution in [0.15, 0.2) is 132 Å². The van der Waals surface area contributed by atoms with E-state index in [2.05, 4.69) is 115 Å². The predicted molar refractivity (Wildman–Crippen MR) is 156 cm³/mol. The van der Waals surface area contributed by atoms with Crippen molar-refractivity contribution >= 4 is 43.7 Å². The molecule has 37 heavy (non-hydrogen) atoms. The second-order valence-electron chi connectivity index (χ2n) is 9.13. The molecule has 1 atom stereocenters. The van der Waals surface area contributed by atoms with E-state index in [1.54, 1.807) is 11.3 Å². The lowest BCUT2D eigenvalue weighted by Gasteiger charge is -2.25. The molecule has 0 aliphatic carbocycles. The maximum absolute atomic E-state index is 5.13. The van der Waals surface area contributed by atoms with E-state index in [4.69, 9.17) is 9.98 Å². The van der Waals surface area contributed by atoms with Crippen molar-refractivity contribution in [2.45, 2.75) is 6.17 Å². The summed E-state index contributed by atoms with van der Waals surface area (Å²) in [4.78, 5) is 10.0. The molecule has 176 valence electrons. The fourth-order valence-corrected chi connectivity index (χ4v) is 5.96. The van der Waals surface area contributed by atoms with Crippen molar-refractivity contribution in [3.8, 4) is 10.6 Å². The second-order valence-corrected chi connectivity index (χ2v) is 10.1. The SMILES string of the molecule is C1=C(c2ccccc2)NC(c2ccc3c(ccc4nc(-c5ccccc5)sc43)c2)N=C1c1ccccc1. The number of aliphatic imine (C=N–C) groups is 1. The minimum Gasteiger partial charge on any atom is -0.360 e.